The van der Waals surface area contributed by atoms with Crippen molar-refractivity contribution in [3.05, 3.63) is 138 Å². The number of amides is 7. The van der Waals surface area contributed by atoms with E-state index in [2.05, 4.69) is 55.0 Å². The molecular weight excluding hydrogens is 883 g/mol. The molecule has 5 aromatic rings. The number of hydrogen-bond donors (Lipinski definition) is 4. The van der Waals surface area contributed by atoms with Crippen LogP contribution < -0.4 is 16.0 Å². The first-order chi connectivity index (χ1) is 34.0. The van der Waals surface area contributed by atoms with E-state index in [9.17, 15) is 24.0 Å². The Morgan fingerprint density at radius 3 is 1.56 bits per heavy atom. The quantitative estimate of drug-likeness (QED) is 0.119. The third-order valence-corrected chi connectivity index (χ3v) is 14.5. The van der Waals surface area contributed by atoms with E-state index in [4.69, 9.17) is 4.98 Å². The molecule has 0 radical (unpaired) electrons. The Morgan fingerprint density at radius 1 is 0.543 bits per heavy atom. The number of likely N-dealkylation sites (tertiary alicyclic amines) is 2. The van der Waals surface area contributed by atoms with Gasteiger partial charge in [-0.1, -0.05) is 109 Å². The predicted molar refractivity (Wildman–Crippen MR) is 268 cm³/mol. The number of H-pyrrole nitrogens is 1. The Kier molecular flexibility index (Phi) is 14.9. The number of nitrogens with zero attached hydrogens (tertiary/aromatic N) is 7. The van der Waals surface area contributed by atoms with Crippen molar-refractivity contribution in [3.63, 3.8) is 0 Å². The zero-order chi connectivity index (χ0) is 48.7. The maximum absolute atomic E-state index is 14.4. The van der Waals surface area contributed by atoms with Crippen molar-refractivity contribution in [3.8, 4) is 22.4 Å². The van der Waals surface area contributed by atoms with Crippen LogP contribution in [-0.4, -0.2) is 155 Å². The van der Waals surface area contributed by atoms with Gasteiger partial charge in [-0.15, -0.1) is 0 Å². The average Bonchev–Trinajstić information content (AvgIpc) is 4.21. The molecule has 4 aromatic carbocycles. The number of carbonyl (C=O) groups excluding carboxylic acids is 5. The van der Waals surface area contributed by atoms with E-state index in [1.54, 1.807) is 14.7 Å². The number of benzene rings is 4. The molecule has 9 rings (SSSR count). The van der Waals surface area contributed by atoms with Crippen LogP contribution in [0.3, 0.4) is 0 Å². The number of likely N-dealkylation sites (N-methyl/N-ethyl adjacent to an activating group) is 2. The number of aromatic nitrogens is 2. The van der Waals surface area contributed by atoms with Gasteiger partial charge in [-0.05, 0) is 80.1 Å². The minimum absolute atomic E-state index is 0.147. The molecule has 1 aromatic heterocycles. The van der Waals surface area contributed by atoms with E-state index in [1.165, 1.54) is 0 Å². The van der Waals surface area contributed by atoms with Crippen LogP contribution in [0.4, 0.5) is 9.59 Å². The van der Waals surface area contributed by atoms with Crippen LogP contribution in [0.2, 0.25) is 0 Å². The van der Waals surface area contributed by atoms with Gasteiger partial charge in [0.05, 0.1) is 24.0 Å². The van der Waals surface area contributed by atoms with Crippen LogP contribution in [0.5, 0.6) is 0 Å². The van der Waals surface area contributed by atoms with E-state index in [0.717, 1.165) is 72.5 Å². The number of urea groups is 2. The predicted octanol–water partition coefficient (Wildman–Crippen LogP) is 5.97. The molecule has 0 unspecified atom stereocenters. The molecule has 5 heterocycles. The molecule has 70 heavy (non-hydrogen) atoms. The fourth-order valence-corrected chi connectivity index (χ4v) is 10.1. The number of imidazole rings is 1. The fraction of sp³-hybridized carbons (Fsp3) is 0.407. The van der Waals surface area contributed by atoms with Gasteiger partial charge in [0.1, 0.15) is 23.9 Å². The lowest BCUT2D eigenvalue weighted by molar-refractivity contribution is -0.140. The molecule has 4 N–H and O–H groups in total. The summed E-state index contributed by atoms with van der Waals surface area (Å²) in [6.45, 7) is 8.44. The summed E-state index contributed by atoms with van der Waals surface area (Å²) >= 11 is 0. The van der Waals surface area contributed by atoms with Gasteiger partial charge in [0.2, 0.25) is 11.8 Å². The number of piperazine rings is 2. The van der Waals surface area contributed by atoms with Gasteiger partial charge < -0.3 is 50.3 Å². The second-order valence-corrected chi connectivity index (χ2v) is 19.2. The van der Waals surface area contributed by atoms with E-state index in [0.29, 0.717) is 63.5 Å². The van der Waals surface area contributed by atoms with E-state index >= 15 is 0 Å². The summed E-state index contributed by atoms with van der Waals surface area (Å²) in [7, 11) is 4.07. The molecule has 0 spiro atoms. The highest BCUT2D eigenvalue weighted by molar-refractivity contribution is 5.93. The molecule has 7 amide bonds. The summed E-state index contributed by atoms with van der Waals surface area (Å²) in [5.41, 5.74) is 6.21. The third-order valence-electron chi connectivity index (χ3n) is 14.5. The number of nitrogens with one attached hydrogen (secondary N) is 4. The minimum Gasteiger partial charge on any atom is -0.348 e. The fourth-order valence-electron chi connectivity index (χ4n) is 10.1. The molecule has 4 aliphatic heterocycles. The molecule has 4 fully saturated rings. The molecule has 0 bridgehead atoms. The first-order valence-electron chi connectivity index (χ1n) is 24.8. The molecule has 4 saturated heterocycles. The van der Waals surface area contributed by atoms with Crippen LogP contribution >= 0.6 is 0 Å². The third kappa shape index (κ3) is 10.9. The van der Waals surface area contributed by atoms with Crippen molar-refractivity contribution >= 4 is 29.8 Å². The normalized spacial score (nSPS) is 20.2. The number of rotatable bonds is 12. The van der Waals surface area contributed by atoms with Crippen molar-refractivity contribution < 1.29 is 24.0 Å². The summed E-state index contributed by atoms with van der Waals surface area (Å²) in [6, 6.07) is 31.6. The second kappa shape index (κ2) is 21.7. The first-order valence-corrected chi connectivity index (χ1v) is 24.8. The van der Waals surface area contributed by atoms with Crippen molar-refractivity contribution in [2.75, 3.05) is 79.5 Å². The summed E-state index contributed by atoms with van der Waals surface area (Å²) in [5.74, 6) is 0.0662. The monoisotopic (exact) mass is 948 g/mol. The lowest BCUT2D eigenvalue weighted by Crippen LogP contribution is -2.54. The molecule has 366 valence electrons. The maximum Gasteiger partial charge on any atom is 0.318 e. The van der Waals surface area contributed by atoms with Crippen LogP contribution in [-0.2, 0) is 14.4 Å². The smallest absolute Gasteiger partial charge is 0.318 e. The summed E-state index contributed by atoms with van der Waals surface area (Å²) < 4.78 is 0. The van der Waals surface area contributed by atoms with Gasteiger partial charge in [0.15, 0.2) is 0 Å². The summed E-state index contributed by atoms with van der Waals surface area (Å²) in [5, 5.41) is 9.24. The maximum atomic E-state index is 14.4. The Balaban J connectivity index is 0.814. The Bertz CT molecular complexity index is 2590. The largest absolute Gasteiger partial charge is 0.348 e. The Labute approximate surface area is 410 Å². The molecule has 16 nitrogen and oxygen atoms in total. The SMILES string of the molecule is C[C@@H](NC(=O)[C@@H]1CCCN1C(=O)[C@H](NC(=O)N1CCN(C)CC1)c1ccccc1)c1ccc(-c2ccc(-c3cnc([C@@H]4CCCN4C(=O)[C@H](NC(=O)N4CCN(C)CC4)c4ccccc4)[nH]3)cc2)cc1. The van der Waals surface area contributed by atoms with Gasteiger partial charge in [-0.25, -0.2) is 14.6 Å². The van der Waals surface area contributed by atoms with Gasteiger partial charge in [-0.3, -0.25) is 14.4 Å². The highest BCUT2D eigenvalue weighted by Gasteiger charge is 2.40. The minimum atomic E-state index is -0.911. The number of aromatic amines is 1. The molecule has 0 aliphatic carbocycles. The zero-order valence-corrected chi connectivity index (χ0v) is 40.4. The summed E-state index contributed by atoms with van der Waals surface area (Å²) in [4.78, 5) is 89.1. The highest BCUT2D eigenvalue weighted by Crippen LogP contribution is 2.35. The molecular formula is C54H65N11O5. The number of hydrogen-bond acceptors (Lipinski definition) is 8. The second-order valence-electron chi connectivity index (χ2n) is 19.2. The Morgan fingerprint density at radius 2 is 1.01 bits per heavy atom. The molecule has 4 aliphatic rings. The van der Waals surface area contributed by atoms with Crippen molar-refractivity contribution in [1.29, 1.82) is 0 Å². The topological polar surface area (TPSA) is 170 Å². The number of carbonyl (C=O) groups is 5. The van der Waals surface area contributed by atoms with Crippen LogP contribution in [0, 0.1) is 0 Å². The van der Waals surface area contributed by atoms with E-state index in [1.807, 2.05) is 117 Å². The lowest BCUT2D eigenvalue weighted by atomic mass is 9.99. The zero-order valence-electron chi connectivity index (χ0n) is 40.4. The van der Waals surface area contributed by atoms with E-state index in [-0.39, 0.29) is 41.9 Å². The molecule has 0 saturated carbocycles. The first kappa shape index (κ1) is 48.0. The van der Waals surface area contributed by atoms with Crippen molar-refractivity contribution in [2.24, 2.45) is 0 Å². The molecule has 16 heteroatoms. The average molecular weight is 948 g/mol. The van der Waals surface area contributed by atoms with Gasteiger partial charge >= 0.3 is 12.1 Å². The van der Waals surface area contributed by atoms with Crippen LogP contribution in [0.25, 0.3) is 22.4 Å². The van der Waals surface area contributed by atoms with Gasteiger partial charge in [-0.2, -0.15) is 0 Å². The summed E-state index contributed by atoms with van der Waals surface area (Å²) in [6.07, 6.45) is 4.63. The van der Waals surface area contributed by atoms with Crippen LogP contribution in [0.1, 0.15) is 79.3 Å². The van der Waals surface area contributed by atoms with Gasteiger partial charge in [0, 0.05) is 65.4 Å². The van der Waals surface area contributed by atoms with E-state index < -0.39 is 18.1 Å². The van der Waals surface area contributed by atoms with Crippen molar-refractivity contribution in [2.45, 2.75) is 62.8 Å². The van der Waals surface area contributed by atoms with Crippen molar-refractivity contribution in [1.82, 2.24) is 55.3 Å². The van der Waals surface area contributed by atoms with Gasteiger partial charge in [0.25, 0.3) is 5.91 Å². The lowest BCUT2D eigenvalue weighted by Gasteiger charge is -2.34. The van der Waals surface area contributed by atoms with Crippen LogP contribution in [0.15, 0.2) is 115 Å². The highest BCUT2D eigenvalue weighted by atomic mass is 16.2. The molecule has 5 atom stereocenters. The standard InChI is InChI=1S/C54H65N11O5/c1-37(56-50(66)46-17-11-27-65(46)52(68)48(43-14-8-5-9-15-43)59-54(70)63-34-30-61(3)31-35-63)38-18-20-39(21-19-38)40-22-24-41(25-23-40)44-36-55-49(57-44)45-16-10-26-64(45)51(67)47(42-12-6-4-7-13-42)58-53(69)62-32-28-60(2)29-33-62/h4-9,12-15,18-25,36-37,45-48H,10-11,16-17,26-35H2,1-3H3,(H,55,57)(H,56,66)(H,58,69)(H,59,70)/t37-,45+,46+,47-,48-/m1/s1. The Hall–Kier alpha value is -7.04.